The summed E-state index contributed by atoms with van der Waals surface area (Å²) in [6.45, 7) is 5.35. The van der Waals surface area contributed by atoms with Crippen LogP contribution in [0.2, 0.25) is 0 Å². The topological polar surface area (TPSA) is 91.5 Å². The minimum Gasteiger partial charge on any atom is -0.488 e. The molecule has 1 fully saturated rings. The Labute approximate surface area is 193 Å². The molecule has 0 aliphatic carbocycles. The first-order valence-corrected chi connectivity index (χ1v) is 10.9. The molecule has 0 unspecified atom stereocenters. The number of carbonyl (C=O) groups is 2. The third-order valence-corrected chi connectivity index (χ3v) is 5.74. The lowest BCUT2D eigenvalue weighted by Gasteiger charge is -2.31. The van der Waals surface area contributed by atoms with Crippen LogP contribution >= 0.6 is 0 Å². The number of alkyl halides is 3. The Morgan fingerprint density at radius 1 is 1.15 bits per heavy atom. The largest absolute Gasteiger partial charge is 0.488 e. The van der Waals surface area contributed by atoms with Gasteiger partial charge in [-0.25, -0.2) is 4.98 Å². The number of pyridine rings is 2. The number of amides is 1. The molecule has 4 heterocycles. The number of carbonyl (C=O) groups excluding carboxylic acids is 2. The molecule has 1 saturated heterocycles. The number of likely N-dealkylation sites (tertiary alicyclic amines) is 1. The van der Waals surface area contributed by atoms with Crippen LogP contribution in [0, 0.1) is 5.41 Å². The van der Waals surface area contributed by atoms with Crippen molar-refractivity contribution in [2.75, 3.05) is 31.1 Å². The summed E-state index contributed by atoms with van der Waals surface area (Å²) in [5, 5.41) is 8.16. The molecule has 0 spiro atoms. The summed E-state index contributed by atoms with van der Waals surface area (Å²) in [6.07, 6.45) is -0.209. The molecular weight excluding hydrogens is 451 g/mol. The number of anilines is 2. The van der Waals surface area contributed by atoms with Crippen LogP contribution in [0.5, 0.6) is 5.75 Å². The third-order valence-electron chi connectivity index (χ3n) is 5.74. The van der Waals surface area contributed by atoms with Gasteiger partial charge in [0.25, 0.3) is 11.8 Å². The Morgan fingerprint density at radius 3 is 2.56 bits per heavy atom. The predicted molar refractivity (Wildman–Crippen MR) is 117 cm³/mol. The van der Waals surface area contributed by atoms with Crippen LogP contribution in [0.15, 0.2) is 42.7 Å². The fourth-order valence-electron chi connectivity index (χ4n) is 4.07. The normalized spacial score (nSPS) is 16.0. The maximum absolute atomic E-state index is 12.8. The minimum atomic E-state index is -4.56. The molecule has 2 aromatic heterocycles. The first kappa shape index (κ1) is 23.5. The average molecular weight is 475 g/mol. The van der Waals surface area contributed by atoms with Gasteiger partial charge in [0, 0.05) is 42.8 Å². The number of piperidine rings is 1. The zero-order valence-electron chi connectivity index (χ0n) is 18.4. The van der Waals surface area contributed by atoms with Gasteiger partial charge in [-0.15, -0.1) is 0 Å². The minimum absolute atomic E-state index is 0.0949. The summed E-state index contributed by atoms with van der Waals surface area (Å²) < 4.78 is 44.3. The number of nitrogens with zero attached hydrogens (tertiary/aromatic N) is 4. The number of fused-ring (bicyclic) bond motifs is 1. The summed E-state index contributed by atoms with van der Waals surface area (Å²) >= 11 is 0. The van der Waals surface area contributed by atoms with E-state index in [2.05, 4.69) is 11.6 Å². The van der Waals surface area contributed by atoms with E-state index in [-0.39, 0.29) is 11.4 Å². The van der Waals surface area contributed by atoms with E-state index < -0.39 is 24.1 Å². The maximum Gasteiger partial charge on any atom is 0.393 e. The van der Waals surface area contributed by atoms with Crippen molar-refractivity contribution in [2.24, 2.45) is 0 Å². The number of hydrogen-bond acceptors (Lipinski definition) is 6. The highest BCUT2D eigenvalue weighted by Crippen LogP contribution is 2.35. The van der Waals surface area contributed by atoms with Gasteiger partial charge < -0.3 is 14.5 Å². The van der Waals surface area contributed by atoms with Crippen molar-refractivity contribution in [1.82, 2.24) is 14.5 Å². The van der Waals surface area contributed by atoms with Gasteiger partial charge in [0.2, 0.25) is 0 Å². The van der Waals surface area contributed by atoms with E-state index >= 15 is 0 Å². The van der Waals surface area contributed by atoms with Gasteiger partial charge in [0.1, 0.15) is 12.1 Å². The van der Waals surface area contributed by atoms with E-state index in [0.29, 0.717) is 49.1 Å². The molecule has 2 aliphatic rings. The van der Waals surface area contributed by atoms with E-state index in [9.17, 15) is 22.8 Å². The Balaban J connectivity index is 1.56. The smallest absolute Gasteiger partial charge is 0.393 e. The van der Waals surface area contributed by atoms with Crippen molar-refractivity contribution in [3.63, 3.8) is 0 Å². The number of hydrogen-bond donors (Lipinski definition) is 1. The van der Waals surface area contributed by atoms with Gasteiger partial charge in [-0.05, 0) is 31.4 Å². The van der Waals surface area contributed by atoms with Crippen LogP contribution < -0.4 is 15.1 Å². The summed E-state index contributed by atoms with van der Waals surface area (Å²) in [4.78, 5) is 33.1. The van der Waals surface area contributed by atoms with Crippen LogP contribution in [-0.2, 0) is 0 Å². The molecule has 0 saturated carbocycles. The molecule has 1 amide bonds. The van der Waals surface area contributed by atoms with E-state index in [1.54, 1.807) is 15.9 Å². The summed E-state index contributed by atoms with van der Waals surface area (Å²) in [5.41, 5.74) is 0.00444. The highest BCUT2D eigenvalue weighted by molar-refractivity contribution is 5.95. The first-order valence-electron chi connectivity index (χ1n) is 10.9. The fraction of sp³-hybridized carbons (Fsp3) is 0.391. The zero-order chi connectivity index (χ0) is 24.5. The van der Waals surface area contributed by atoms with Crippen molar-refractivity contribution in [2.45, 2.75) is 31.9 Å². The number of aromatic nitrogens is 2. The van der Waals surface area contributed by atoms with Crippen molar-refractivity contribution in [1.29, 1.82) is 5.41 Å². The number of allylic oxidation sites excluding steroid dienone is 1. The standard InChI is InChI=1S/C23H24F3N5O3/c1-15(13-23(24,25)26)21(32)31-8-5-17(12-19(31)27)30-9-10-34-18-11-16(14-28-20(18)30)22(33)29-6-3-2-4-7-29/h5,8,11-12,14,27H,1-4,6-7,9-10,13H2. The van der Waals surface area contributed by atoms with Crippen LogP contribution in [0.4, 0.5) is 24.7 Å². The Morgan fingerprint density at radius 2 is 1.88 bits per heavy atom. The van der Waals surface area contributed by atoms with Crippen molar-refractivity contribution in [3.05, 3.63) is 53.8 Å². The lowest BCUT2D eigenvalue weighted by Crippen LogP contribution is -2.36. The van der Waals surface area contributed by atoms with Gasteiger partial charge in [-0.3, -0.25) is 19.6 Å². The highest BCUT2D eigenvalue weighted by atomic mass is 19.4. The second kappa shape index (κ2) is 9.32. The first-order chi connectivity index (χ1) is 16.1. The van der Waals surface area contributed by atoms with Crippen molar-refractivity contribution in [3.8, 4) is 5.75 Å². The third kappa shape index (κ3) is 4.97. The highest BCUT2D eigenvalue weighted by Gasteiger charge is 2.31. The second-order valence-corrected chi connectivity index (χ2v) is 8.24. The predicted octanol–water partition coefficient (Wildman–Crippen LogP) is 3.67. The molecule has 2 aromatic rings. The van der Waals surface area contributed by atoms with Crippen LogP contribution in [0.3, 0.4) is 0 Å². The molecule has 34 heavy (non-hydrogen) atoms. The summed E-state index contributed by atoms with van der Waals surface area (Å²) in [6, 6.07) is 4.53. The summed E-state index contributed by atoms with van der Waals surface area (Å²) in [5.74, 6) is -0.212. The monoisotopic (exact) mass is 475 g/mol. The summed E-state index contributed by atoms with van der Waals surface area (Å²) in [7, 11) is 0. The lowest BCUT2D eigenvalue weighted by molar-refractivity contribution is -0.126. The molecule has 8 nitrogen and oxygen atoms in total. The molecular formula is C23H24F3N5O3. The number of halogens is 3. The van der Waals surface area contributed by atoms with Crippen LogP contribution in [0.1, 0.15) is 40.8 Å². The van der Waals surface area contributed by atoms with Gasteiger partial charge in [0.05, 0.1) is 18.5 Å². The van der Waals surface area contributed by atoms with Crippen LogP contribution in [0.25, 0.3) is 0 Å². The molecule has 180 valence electrons. The molecule has 0 radical (unpaired) electrons. The van der Waals surface area contributed by atoms with E-state index in [1.165, 1.54) is 24.5 Å². The van der Waals surface area contributed by atoms with E-state index in [1.807, 2.05) is 0 Å². The second-order valence-electron chi connectivity index (χ2n) is 8.24. The van der Waals surface area contributed by atoms with E-state index in [0.717, 1.165) is 23.8 Å². The van der Waals surface area contributed by atoms with Gasteiger partial charge in [-0.1, -0.05) is 6.58 Å². The molecule has 4 rings (SSSR count). The molecule has 0 atom stereocenters. The number of nitrogens with one attached hydrogen (secondary N) is 1. The van der Waals surface area contributed by atoms with Crippen LogP contribution in [-0.4, -0.2) is 58.7 Å². The van der Waals surface area contributed by atoms with Gasteiger partial charge >= 0.3 is 6.18 Å². The van der Waals surface area contributed by atoms with Gasteiger partial charge in [-0.2, -0.15) is 13.2 Å². The Bertz CT molecular complexity index is 1190. The number of ether oxygens (including phenoxy) is 1. The average Bonchev–Trinajstić information content (AvgIpc) is 2.82. The van der Waals surface area contributed by atoms with E-state index in [4.69, 9.17) is 10.1 Å². The maximum atomic E-state index is 12.8. The quantitative estimate of drug-likeness (QED) is 0.682. The number of rotatable bonds is 4. The molecule has 0 bridgehead atoms. The molecule has 0 aromatic carbocycles. The molecule has 2 aliphatic heterocycles. The molecule has 1 N–H and O–H groups in total. The zero-order valence-corrected chi connectivity index (χ0v) is 18.4. The van der Waals surface area contributed by atoms with Gasteiger partial charge in [0.15, 0.2) is 11.6 Å². The Kier molecular flexibility index (Phi) is 6.45. The fourth-order valence-corrected chi connectivity index (χ4v) is 4.07. The van der Waals surface area contributed by atoms with Crippen molar-refractivity contribution >= 4 is 23.3 Å². The SMILES string of the molecule is C=C(CC(F)(F)F)C(=O)n1ccc(N2CCOc3cc(C(=O)N4CCCCC4)cnc32)cc1=N. The van der Waals surface area contributed by atoms with Crippen molar-refractivity contribution < 1.29 is 27.5 Å². The molecule has 11 heteroatoms. The Hall–Kier alpha value is -3.63. The lowest BCUT2D eigenvalue weighted by atomic mass is 10.1.